The quantitative estimate of drug-likeness (QED) is 0.283. The summed E-state index contributed by atoms with van der Waals surface area (Å²) in [6, 6.07) is 8.84. The first-order chi connectivity index (χ1) is 10.2. The van der Waals surface area contributed by atoms with Crippen molar-refractivity contribution in [3.05, 3.63) is 28.7 Å². The van der Waals surface area contributed by atoms with Crippen LogP contribution in [0.5, 0.6) is 0 Å². The zero-order valence-corrected chi connectivity index (χ0v) is 17.7. The molecular formula is C15H24BrIN4S. The predicted molar refractivity (Wildman–Crippen MR) is 113 cm³/mol. The topological polar surface area (TPSA) is 39.7 Å². The summed E-state index contributed by atoms with van der Waals surface area (Å²) < 4.78 is 1.16. The Kier molecular flexibility index (Phi) is 9.58. The van der Waals surface area contributed by atoms with Crippen LogP contribution >= 0.6 is 51.7 Å². The van der Waals surface area contributed by atoms with Gasteiger partial charge in [0.05, 0.1) is 5.69 Å². The van der Waals surface area contributed by atoms with Gasteiger partial charge in [-0.1, -0.05) is 12.1 Å². The molecule has 22 heavy (non-hydrogen) atoms. The van der Waals surface area contributed by atoms with Crippen LogP contribution in [0.2, 0.25) is 0 Å². The zero-order valence-electron chi connectivity index (χ0n) is 13.0. The maximum atomic E-state index is 4.30. The molecule has 0 bridgehead atoms. The number of anilines is 1. The summed E-state index contributed by atoms with van der Waals surface area (Å²) in [7, 11) is 1.83. The molecule has 0 radical (unpaired) electrons. The monoisotopic (exact) mass is 498 g/mol. The van der Waals surface area contributed by atoms with Crippen LogP contribution in [-0.2, 0) is 0 Å². The summed E-state index contributed by atoms with van der Waals surface area (Å²) in [5, 5.41) is 6.87. The minimum Gasteiger partial charge on any atom is -0.368 e. The first-order valence-electron chi connectivity index (χ1n) is 7.20. The molecule has 4 nitrogen and oxygen atoms in total. The van der Waals surface area contributed by atoms with Crippen molar-refractivity contribution in [3.8, 4) is 0 Å². The number of hydrogen-bond acceptors (Lipinski definition) is 3. The number of benzene rings is 1. The molecule has 1 aliphatic rings. The van der Waals surface area contributed by atoms with Crippen LogP contribution in [0.3, 0.4) is 0 Å². The minimum atomic E-state index is 0. The van der Waals surface area contributed by atoms with Crippen molar-refractivity contribution in [2.45, 2.75) is 12.5 Å². The highest BCUT2D eigenvalue weighted by Crippen LogP contribution is 2.28. The predicted octanol–water partition coefficient (Wildman–Crippen LogP) is 3.17. The van der Waals surface area contributed by atoms with E-state index in [4.69, 9.17) is 0 Å². The fraction of sp³-hybridized carbons (Fsp3) is 0.533. The van der Waals surface area contributed by atoms with E-state index in [0.717, 1.165) is 42.2 Å². The molecule has 1 saturated heterocycles. The van der Waals surface area contributed by atoms with Crippen LogP contribution in [0, 0.1) is 0 Å². The van der Waals surface area contributed by atoms with Gasteiger partial charge in [0.1, 0.15) is 0 Å². The number of rotatable bonds is 5. The van der Waals surface area contributed by atoms with Gasteiger partial charge in [-0.15, -0.1) is 24.0 Å². The van der Waals surface area contributed by atoms with Crippen molar-refractivity contribution in [1.29, 1.82) is 0 Å². The molecular weight excluding hydrogens is 475 g/mol. The molecule has 0 spiro atoms. The number of halogens is 2. The lowest BCUT2D eigenvalue weighted by molar-refractivity contribution is 0.652. The fourth-order valence-electron chi connectivity index (χ4n) is 2.46. The lowest BCUT2D eigenvalue weighted by Gasteiger charge is -2.21. The Morgan fingerprint density at radius 2 is 2.23 bits per heavy atom. The Balaban J connectivity index is 0.00000242. The molecule has 1 unspecified atom stereocenters. The van der Waals surface area contributed by atoms with Crippen molar-refractivity contribution in [2.24, 2.45) is 4.99 Å². The van der Waals surface area contributed by atoms with Crippen LogP contribution < -0.4 is 15.5 Å². The van der Waals surface area contributed by atoms with Crippen LogP contribution in [0.1, 0.15) is 6.42 Å². The molecule has 1 fully saturated rings. The molecule has 1 aliphatic heterocycles. The highest BCUT2D eigenvalue weighted by atomic mass is 127. The fourth-order valence-corrected chi connectivity index (χ4v) is 3.31. The Hall–Kier alpha value is -0.150. The lowest BCUT2D eigenvalue weighted by atomic mass is 10.3. The number of aliphatic imine (C=N–C) groups is 1. The normalized spacial score (nSPS) is 18.0. The maximum Gasteiger partial charge on any atom is 0.191 e. The van der Waals surface area contributed by atoms with Crippen molar-refractivity contribution in [1.82, 2.24) is 10.6 Å². The molecule has 1 aromatic rings. The Morgan fingerprint density at radius 1 is 1.45 bits per heavy atom. The van der Waals surface area contributed by atoms with E-state index in [1.54, 1.807) is 0 Å². The van der Waals surface area contributed by atoms with E-state index >= 15 is 0 Å². The highest BCUT2D eigenvalue weighted by Gasteiger charge is 2.24. The number of nitrogens with one attached hydrogen (secondary N) is 2. The van der Waals surface area contributed by atoms with Gasteiger partial charge in [-0.3, -0.25) is 4.99 Å². The molecule has 2 N–H and O–H groups in total. The SMILES string of the molecule is CN=C(NCCSC)NC1CCN(c2ccccc2Br)C1.I. The van der Waals surface area contributed by atoms with Gasteiger partial charge in [0.2, 0.25) is 0 Å². The number of nitrogens with zero attached hydrogens (tertiary/aromatic N) is 2. The standard InChI is InChI=1S/C15H23BrN4S.HI/c1-17-15(18-8-10-21-2)19-12-7-9-20(11-12)14-6-4-3-5-13(14)16;/h3-6,12H,7-11H2,1-2H3,(H2,17,18,19);1H. The molecule has 1 heterocycles. The molecule has 0 amide bonds. The molecule has 1 atom stereocenters. The second kappa shape index (κ2) is 10.6. The Bertz CT molecular complexity index is 486. The number of guanidine groups is 1. The van der Waals surface area contributed by atoms with Crippen molar-refractivity contribution < 1.29 is 0 Å². The first-order valence-corrected chi connectivity index (χ1v) is 9.39. The van der Waals surface area contributed by atoms with Crippen LogP contribution in [0.25, 0.3) is 0 Å². The number of hydrogen-bond donors (Lipinski definition) is 2. The van der Waals surface area contributed by atoms with Crippen molar-refractivity contribution in [2.75, 3.05) is 43.6 Å². The third kappa shape index (κ3) is 5.81. The molecule has 0 saturated carbocycles. The largest absolute Gasteiger partial charge is 0.368 e. The van der Waals surface area contributed by atoms with Crippen LogP contribution in [0.15, 0.2) is 33.7 Å². The highest BCUT2D eigenvalue weighted by molar-refractivity contribution is 14.0. The van der Waals surface area contributed by atoms with Gasteiger partial charge in [-0.25, -0.2) is 0 Å². The zero-order chi connectivity index (χ0) is 15.1. The third-order valence-corrected chi connectivity index (χ3v) is 4.83. The van der Waals surface area contributed by atoms with E-state index < -0.39 is 0 Å². The van der Waals surface area contributed by atoms with Crippen LogP contribution in [-0.4, -0.2) is 50.7 Å². The van der Waals surface area contributed by atoms with E-state index in [0.29, 0.717) is 6.04 Å². The average Bonchev–Trinajstić information content (AvgIpc) is 2.95. The first kappa shape index (κ1) is 19.9. The third-order valence-electron chi connectivity index (χ3n) is 3.54. The average molecular weight is 499 g/mol. The van der Waals surface area contributed by atoms with Gasteiger partial charge < -0.3 is 15.5 Å². The summed E-state index contributed by atoms with van der Waals surface area (Å²) in [4.78, 5) is 6.71. The summed E-state index contributed by atoms with van der Waals surface area (Å²) in [6.45, 7) is 3.02. The second-order valence-corrected chi connectivity index (χ2v) is 6.86. The van der Waals surface area contributed by atoms with Gasteiger partial charge in [-0.05, 0) is 40.7 Å². The van der Waals surface area contributed by atoms with E-state index in [-0.39, 0.29) is 24.0 Å². The molecule has 0 aromatic heterocycles. The maximum absolute atomic E-state index is 4.30. The molecule has 7 heteroatoms. The van der Waals surface area contributed by atoms with Gasteiger partial charge in [0.15, 0.2) is 5.96 Å². The second-order valence-electron chi connectivity index (χ2n) is 5.02. The van der Waals surface area contributed by atoms with E-state index in [2.05, 4.69) is 67.0 Å². The van der Waals surface area contributed by atoms with Gasteiger partial charge in [-0.2, -0.15) is 11.8 Å². The van der Waals surface area contributed by atoms with E-state index in [1.807, 2.05) is 18.8 Å². The van der Waals surface area contributed by atoms with Crippen molar-refractivity contribution >= 4 is 63.3 Å². The van der Waals surface area contributed by atoms with E-state index in [1.165, 1.54) is 5.69 Å². The van der Waals surface area contributed by atoms with Crippen molar-refractivity contribution in [3.63, 3.8) is 0 Å². The molecule has 0 aliphatic carbocycles. The molecule has 124 valence electrons. The lowest BCUT2D eigenvalue weighted by Crippen LogP contribution is -2.45. The smallest absolute Gasteiger partial charge is 0.191 e. The van der Waals surface area contributed by atoms with E-state index in [9.17, 15) is 0 Å². The Labute approximate surface area is 163 Å². The molecule has 2 rings (SSSR count). The Morgan fingerprint density at radius 3 is 2.91 bits per heavy atom. The van der Waals surface area contributed by atoms with Crippen LogP contribution in [0.4, 0.5) is 5.69 Å². The summed E-state index contributed by atoms with van der Waals surface area (Å²) in [5.41, 5.74) is 1.27. The minimum absolute atomic E-state index is 0. The molecule has 1 aromatic carbocycles. The van der Waals surface area contributed by atoms with Gasteiger partial charge in [0, 0.05) is 42.9 Å². The van der Waals surface area contributed by atoms with Gasteiger partial charge >= 0.3 is 0 Å². The summed E-state index contributed by atoms with van der Waals surface area (Å²) >= 11 is 5.47. The summed E-state index contributed by atoms with van der Waals surface area (Å²) in [5.74, 6) is 2.00. The summed E-state index contributed by atoms with van der Waals surface area (Å²) in [6.07, 6.45) is 3.25. The number of para-hydroxylation sites is 1. The van der Waals surface area contributed by atoms with Gasteiger partial charge in [0.25, 0.3) is 0 Å². The number of thioether (sulfide) groups is 1.